The third-order valence-electron chi connectivity index (χ3n) is 1.000. The lowest BCUT2D eigenvalue weighted by atomic mass is 10.0. The minimum atomic E-state index is 0. The molecule has 0 nitrogen and oxygen atoms in total. The van der Waals surface area contributed by atoms with E-state index in [1.165, 1.54) is 25.7 Å². The van der Waals surface area contributed by atoms with Crippen LogP contribution in [0.3, 0.4) is 0 Å². The van der Waals surface area contributed by atoms with Crippen molar-refractivity contribution in [2.75, 3.05) is 0 Å². The standard InChI is InChI=1S/C4H8.CH4.2H2/c1-2-4-3-1;;;/h1-4H2;1H4;2*1H/i;;2*1+1. The van der Waals surface area contributed by atoms with Crippen LogP contribution in [-0.2, 0) is 0 Å². The van der Waals surface area contributed by atoms with Crippen molar-refractivity contribution < 1.29 is 2.85 Å². The van der Waals surface area contributed by atoms with Crippen LogP contribution >= 0.6 is 0 Å². The zero-order chi connectivity index (χ0) is 2.83. The van der Waals surface area contributed by atoms with Gasteiger partial charge in [-0.25, -0.2) is 0 Å². The molecule has 0 radical (unpaired) electrons. The quantitative estimate of drug-likeness (QED) is 0.418. The Kier molecular flexibility index (Phi) is 2.25. The minimum Gasteiger partial charge on any atom is -0.0776 e. The van der Waals surface area contributed by atoms with E-state index in [1.807, 2.05) is 0 Å². The first kappa shape index (κ1) is 5.00. The lowest BCUT2D eigenvalue weighted by molar-refractivity contribution is 0.504. The van der Waals surface area contributed by atoms with Crippen molar-refractivity contribution >= 4 is 0 Å². The Hall–Kier alpha value is 0. The molecule has 1 aliphatic rings. The summed E-state index contributed by atoms with van der Waals surface area (Å²) in [4.78, 5) is 0. The average Bonchev–Trinajstić information content (AvgIpc) is 0.722. The molecule has 0 bridgehead atoms. The van der Waals surface area contributed by atoms with E-state index in [4.69, 9.17) is 0 Å². The molecule has 0 amide bonds. The molecular formula is C5H16. The van der Waals surface area contributed by atoms with Gasteiger partial charge in [-0.15, -0.1) is 0 Å². The molecule has 0 aromatic heterocycles. The molecule has 0 saturated heterocycles. The summed E-state index contributed by atoms with van der Waals surface area (Å²) in [6, 6.07) is 0. The molecular weight excluding hydrogens is 60.1 g/mol. The molecule has 0 N–H and O–H groups in total. The topological polar surface area (TPSA) is 0 Å². The van der Waals surface area contributed by atoms with Crippen LogP contribution in [0.25, 0.3) is 0 Å². The van der Waals surface area contributed by atoms with Gasteiger partial charge in [0.25, 0.3) is 0 Å². The largest absolute Gasteiger partial charge is 0.0776 e. The van der Waals surface area contributed by atoms with Gasteiger partial charge >= 0.3 is 0 Å². The molecule has 0 spiro atoms. The second kappa shape index (κ2) is 2.25. The maximum Gasteiger partial charge on any atom is 0 e. The summed E-state index contributed by atoms with van der Waals surface area (Å²) in [6.07, 6.45) is 6.00. The molecule has 5 heavy (non-hydrogen) atoms. The van der Waals surface area contributed by atoms with Crippen LogP contribution in [0.2, 0.25) is 0 Å². The van der Waals surface area contributed by atoms with Crippen molar-refractivity contribution in [1.82, 2.24) is 0 Å². The first-order valence-electron chi connectivity index (χ1n) is 2.00. The molecule has 36 valence electrons. The zero-order valence-electron chi connectivity index (χ0n) is 2.83. The van der Waals surface area contributed by atoms with Crippen LogP contribution in [0.5, 0.6) is 0 Å². The van der Waals surface area contributed by atoms with Crippen LogP contribution in [0.15, 0.2) is 0 Å². The van der Waals surface area contributed by atoms with E-state index in [2.05, 4.69) is 0 Å². The van der Waals surface area contributed by atoms with Crippen LogP contribution in [0.4, 0.5) is 0 Å². The Morgan fingerprint density at radius 2 is 1.00 bits per heavy atom. The molecule has 1 aliphatic carbocycles. The van der Waals surface area contributed by atoms with E-state index >= 15 is 0 Å². The highest BCUT2D eigenvalue weighted by molar-refractivity contribution is 4.50. The molecule has 0 aromatic carbocycles. The van der Waals surface area contributed by atoms with E-state index in [0.717, 1.165) is 0 Å². The van der Waals surface area contributed by atoms with E-state index in [-0.39, 0.29) is 10.3 Å². The molecule has 0 atom stereocenters. The summed E-state index contributed by atoms with van der Waals surface area (Å²) in [5.41, 5.74) is 0. The van der Waals surface area contributed by atoms with Crippen molar-refractivity contribution in [2.24, 2.45) is 0 Å². The second-order valence-corrected chi connectivity index (χ2v) is 1.41. The molecule has 0 heteroatoms. The Morgan fingerprint density at radius 3 is 1.00 bits per heavy atom. The molecule has 1 fully saturated rings. The molecule has 0 aromatic rings. The highest BCUT2D eigenvalue weighted by Gasteiger charge is 1.95. The van der Waals surface area contributed by atoms with Gasteiger partial charge < -0.3 is 0 Å². The van der Waals surface area contributed by atoms with Crippen LogP contribution in [0, 0.1) is 0 Å². The predicted molar refractivity (Wildman–Crippen MR) is 29.4 cm³/mol. The summed E-state index contributed by atoms with van der Waals surface area (Å²) in [5.74, 6) is 0. The molecule has 1 rings (SSSR count). The van der Waals surface area contributed by atoms with Gasteiger partial charge in [0, 0.05) is 2.85 Å². The first-order chi connectivity index (χ1) is 2.00. The summed E-state index contributed by atoms with van der Waals surface area (Å²) in [5, 5.41) is 0. The van der Waals surface area contributed by atoms with Crippen LogP contribution in [0.1, 0.15) is 36.0 Å². The van der Waals surface area contributed by atoms with Crippen LogP contribution in [-0.4, -0.2) is 0 Å². The zero-order valence-corrected chi connectivity index (χ0v) is 2.83. The number of rotatable bonds is 0. The van der Waals surface area contributed by atoms with E-state index in [0.29, 0.717) is 0 Å². The second-order valence-electron chi connectivity index (χ2n) is 1.41. The highest BCUT2D eigenvalue weighted by Crippen LogP contribution is 2.15. The SMILES string of the molecule is C.C1CCC1.[2HH].[2HH]. The third kappa shape index (κ3) is 1.00. The van der Waals surface area contributed by atoms with Crippen molar-refractivity contribution in [3.8, 4) is 0 Å². The smallest absolute Gasteiger partial charge is 0 e. The summed E-state index contributed by atoms with van der Waals surface area (Å²) < 4.78 is 0. The van der Waals surface area contributed by atoms with E-state index < -0.39 is 0 Å². The maximum absolute atomic E-state index is 1.50. The Labute approximate surface area is 37.2 Å². The Morgan fingerprint density at radius 1 is 0.800 bits per heavy atom. The molecule has 0 aliphatic heterocycles. The molecule has 1 saturated carbocycles. The number of hydrogen-bond donors (Lipinski definition) is 0. The van der Waals surface area contributed by atoms with Crippen molar-refractivity contribution in [3.05, 3.63) is 0 Å². The van der Waals surface area contributed by atoms with Gasteiger partial charge in [-0.05, 0) is 0 Å². The monoisotopic (exact) mass is 78.1 g/mol. The van der Waals surface area contributed by atoms with Gasteiger partial charge in [-0.1, -0.05) is 33.1 Å². The first-order valence-corrected chi connectivity index (χ1v) is 2.00. The van der Waals surface area contributed by atoms with Crippen molar-refractivity contribution in [1.29, 1.82) is 0 Å². The fourth-order valence-electron chi connectivity index (χ4n) is 0.250. The molecule has 0 heterocycles. The van der Waals surface area contributed by atoms with Gasteiger partial charge in [-0.3, -0.25) is 0 Å². The van der Waals surface area contributed by atoms with Crippen LogP contribution < -0.4 is 0 Å². The van der Waals surface area contributed by atoms with Gasteiger partial charge in [0.2, 0.25) is 0 Å². The van der Waals surface area contributed by atoms with Gasteiger partial charge in [0.1, 0.15) is 0 Å². The molecule has 0 unspecified atom stereocenters. The van der Waals surface area contributed by atoms with Gasteiger partial charge in [0.05, 0.1) is 0 Å². The van der Waals surface area contributed by atoms with Gasteiger partial charge in [0.15, 0.2) is 0 Å². The fraction of sp³-hybridized carbons (Fsp3) is 1.00. The maximum atomic E-state index is 1.50. The van der Waals surface area contributed by atoms with Crippen molar-refractivity contribution in [3.63, 3.8) is 0 Å². The number of hydrogen-bond acceptors (Lipinski definition) is 0. The van der Waals surface area contributed by atoms with E-state index in [9.17, 15) is 0 Å². The summed E-state index contributed by atoms with van der Waals surface area (Å²) >= 11 is 0. The normalized spacial score (nSPS) is 19.2. The van der Waals surface area contributed by atoms with E-state index in [1.54, 1.807) is 0 Å². The average molecular weight is 78.2 g/mol. The Balaban J connectivity index is -0.0000000533. The van der Waals surface area contributed by atoms with Gasteiger partial charge in [-0.2, -0.15) is 0 Å². The highest BCUT2D eigenvalue weighted by atomic mass is 14.0. The Bertz CT molecular complexity index is 14.0. The van der Waals surface area contributed by atoms with Crippen molar-refractivity contribution in [2.45, 2.75) is 33.1 Å². The minimum absolute atomic E-state index is 0. The lowest BCUT2D eigenvalue weighted by Crippen LogP contribution is -1.85. The fourth-order valence-corrected chi connectivity index (χ4v) is 0.250. The predicted octanol–water partition coefficient (Wildman–Crippen LogP) is 2.69. The summed E-state index contributed by atoms with van der Waals surface area (Å²) in [7, 11) is 0. The lowest BCUT2D eigenvalue weighted by Gasteiger charge is -2.05. The third-order valence-corrected chi connectivity index (χ3v) is 1.000. The summed E-state index contributed by atoms with van der Waals surface area (Å²) in [6.45, 7) is 0.